The predicted octanol–water partition coefficient (Wildman–Crippen LogP) is 4.85. The zero-order chi connectivity index (χ0) is 21.6. The van der Waals surface area contributed by atoms with E-state index in [1.807, 2.05) is 60.7 Å². The fraction of sp³-hybridized carbons (Fsp3) is 0.0833. The highest BCUT2D eigenvalue weighted by atomic mass is 16.4. The first-order valence-electron chi connectivity index (χ1n) is 9.72. The van der Waals surface area contributed by atoms with Crippen LogP contribution < -0.4 is 10.6 Å². The van der Waals surface area contributed by atoms with Gasteiger partial charge in [0.2, 0.25) is 11.8 Å². The Balaban J connectivity index is 1.58. The van der Waals surface area contributed by atoms with Crippen molar-refractivity contribution in [2.45, 2.75) is 13.0 Å². The average Bonchev–Trinajstić information content (AvgIpc) is 3.29. The fourth-order valence-electron chi connectivity index (χ4n) is 3.10. The summed E-state index contributed by atoms with van der Waals surface area (Å²) in [7, 11) is 0. The molecule has 0 radical (unpaired) electrons. The van der Waals surface area contributed by atoms with Crippen molar-refractivity contribution in [3.8, 4) is 11.5 Å². The normalized spacial score (nSPS) is 11.5. The van der Waals surface area contributed by atoms with Gasteiger partial charge in [-0.15, -0.1) is 10.2 Å². The zero-order valence-corrected chi connectivity index (χ0v) is 16.8. The second kappa shape index (κ2) is 9.04. The molecule has 2 N–H and O–H groups in total. The first-order valence-corrected chi connectivity index (χ1v) is 9.72. The van der Waals surface area contributed by atoms with E-state index in [2.05, 4.69) is 20.8 Å². The van der Waals surface area contributed by atoms with E-state index in [9.17, 15) is 9.59 Å². The summed E-state index contributed by atoms with van der Waals surface area (Å²) in [6.07, 6.45) is 0. The average molecular weight is 412 g/mol. The summed E-state index contributed by atoms with van der Waals surface area (Å²) in [6.45, 7) is 1.48. The number of benzene rings is 3. The number of anilines is 1. The maximum absolute atomic E-state index is 12.7. The number of Topliss-reactive ketones (excluding diaryl/α,β-unsaturated/α-hetero) is 1. The minimum absolute atomic E-state index is 0.0782. The number of nitrogens with zero attached hydrogens (tertiary/aromatic N) is 2. The third kappa shape index (κ3) is 4.84. The molecule has 1 atom stereocenters. The summed E-state index contributed by atoms with van der Waals surface area (Å²) in [5, 5.41) is 13.9. The van der Waals surface area contributed by atoms with Crippen LogP contribution in [0.15, 0.2) is 89.3 Å². The molecule has 0 saturated carbocycles. The van der Waals surface area contributed by atoms with Crippen molar-refractivity contribution < 1.29 is 14.0 Å². The van der Waals surface area contributed by atoms with Crippen LogP contribution in [0.3, 0.4) is 0 Å². The number of rotatable bonds is 6. The summed E-state index contributed by atoms with van der Waals surface area (Å²) < 4.78 is 5.88. The van der Waals surface area contributed by atoms with Crippen molar-refractivity contribution in [3.63, 3.8) is 0 Å². The Morgan fingerprint density at radius 2 is 1.58 bits per heavy atom. The Hall–Kier alpha value is -4.26. The van der Waals surface area contributed by atoms with Crippen LogP contribution in [0.25, 0.3) is 11.5 Å². The molecule has 0 aliphatic heterocycles. The molecule has 4 rings (SSSR count). The lowest BCUT2D eigenvalue weighted by Gasteiger charge is -2.16. The molecule has 154 valence electrons. The number of carbonyl (C=O) groups is 2. The Labute approximate surface area is 179 Å². The van der Waals surface area contributed by atoms with Gasteiger partial charge in [0.25, 0.3) is 0 Å². The minimum Gasteiger partial charge on any atom is -0.418 e. The fourth-order valence-corrected chi connectivity index (χ4v) is 3.10. The van der Waals surface area contributed by atoms with E-state index in [1.165, 1.54) is 6.92 Å². The van der Waals surface area contributed by atoms with Crippen molar-refractivity contribution >= 4 is 17.5 Å². The standard InChI is InChI=1S/C24H20N4O3/c1-16(29)19-13-8-14-20(15-19)25-24(30)26-21(17-9-4-2-5-10-17)23-28-27-22(31-23)18-11-6-3-7-12-18/h2-15,21H,1H3,(H2,25,26,30). The van der Waals surface area contributed by atoms with Crippen molar-refractivity contribution in [1.29, 1.82) is 0 Å². The Morgan fingerprint density at radius 1 is 0.871 bits per heavy atom. The van der Waals surface area contributed by atoms with Gasteiger partial charge in [-0.3, -0.25) is 4.79 Å². The molecular formula is C24H20N4O3. The molecule has 7 heteroatoms. The number of amides is 2. The van der Waals surface area contributed by atoms with E-state index in [0.29, 0.717) is 17.1 Å². The lowest BCUT2D eigenvalue weighted by molar-refractivity contribution is 0.101. The number of hydrogen-bond acceptors (Lipinski definition) is 5. The van der Waals surface area contributed by atoms with Gasteiger partial charge in [0.05, 0.1) is 0 Å². The third-order valence-electron chi connectivity index (χ3n) is 4.64. The summed E-state index contributed by atoms with van der Waals surface area (Å²) in [5.41, 5.74) is 2.60. The van der Waals surface area contributed by atoms with Crippen molar-refractivity contribution in [2.75, 3.05) is 5.32 Å². The topological polar surface area (TPSA) is 97.1 Å². The van der Waals surface area contributed by atoms with Gasteiger partial charge < -0.3 is 15.1 Å². The molecule has 0 fully saturated rings. The second-order valence-electron chi connectivity index (χ2n) is 6.89. The molecule has 2 amide bonds. The van der Waals surface area contributed by atoms with Crippen LogP contribution in [0, 0.1) is 0 Å². The monoisotopic (exact) mass is 412 g/mol. The van der Waals surface area contributed by atoms with Gasteiger partial charge in [-0.25, -0.2) is 4.79 Å². The van der Waals surface area contributed by atoms with Crippen LogP contribution in [0.5, 0.6) is 0 Å². The van der Waals surface area contributed by atoms with E-state index in [4.69, 9.17) is 4.42 Å². The molecule has 0 spiro atoms. The molecule has 1 heterocycles. The second-order valence-corrected chi connectivity index (χ2v) is 6.89. The third-order valence-corrected chi connectivity index (χ3v) is 4.64. The van der Waals surface area contributed by atoms with Crippen LogP contribution >= 0.6 is 0 Å². The van der Waals surface area contributed by atoms with Gasteiger partial charge in [0.15, 0.2) is 5.78 Å². The van der Waals surface area contributed by atoms with Gasteiger partial charge in [-0.05, 0) is 36.8 Å². The van der Waals surface area contributed by atoms with Crippen LogP contribution in [0.4, 0.5) is 10.5 Å². The van der Waals surface area contributed by atoms with Gasteiger partial charge in [0.1, 0.15) is 6.04 Å². The highest BCUT2D eigenvalue weighted by Gasteiger charge is 2.23. The molecule has 1 unspecified atom stereocenters. The molecule has 0 saturated heterocycles. The van der Waals surface area contributed by atoms with Gasteiger partial charge in [-0.2, -0.15) is 0 Å². The summed E-state index contributed by atoms with van der Waals surface area (Å²) >= 11 is 0. The van der Waals surface area contributed by atoms with Crippen LogP contribution in [0.2, 0.25) is 0 Å². The smallest absolute Gasteiger partial charge is 0.320 e. The van der Waals surface area contributed by atoms with E-state index < -0.39 is 12.1 Å². The number of ketones is 1. The molecular weight excluding hydrogens is 392 g/mol. The molecule has 31 heavy (non-hydrogen) atoms. The van der Waals surface area contributed by atoms with E-state index >= 15 is 0 Å². The largest absolute Gasteiger partial charge is 0.418 e. The number of nitrogens with one attached hydrogen (secondary N) is 2. The molecule has 3 aromatic carbocycles. The maximum atomic E-state index is 12.7. The molecule has 0 bridgehead atoms. The van der Waals surface area contributed by atoms with E-state index in [0.717, 1.165) is 11.1 Å². The highest BCUT2D eigenvalue weighted by Crippen LogP contribution is 2.25. The van der Waals surface area contributed by atoms with E-state index in [1.54, 1.807) is 24.3 Å². The lowest BCUT2D eigenvalue weighted by Crippen LogP contribution is -2.33. The van der Waals surface area contributed by atoms with Gasteiger partial charge in [0, 0.05) is 16.8 Å². The Bertz CT molecular complexity index is 1190. The van der Waals surface area contributed by atoms with Gasteiger partial charge in [-0.1, -0.05) is 60.7 Å². The van der Waals surface area contributed by atoms with Crippen molar-refractivity contribution in [1.82, 2.24) is 15.5 Å². The van der Waals surface area contributed by atoms with Crippen LogP contribution in [-0.4, -0.2) is 22.0 Å². The first kappa shape index (κ1) is 20.0. The summed E-state index contributed by atoms with van der Waals surface area (Å²) in [6, 6.07) is 24.4. The Kier molecular flexibility index (Phi) is 5.84. The quantitative estimate of drug-likeness (QED) is 0.441. The molecule has 0 aliphatic rings. The molecule has 0 aliphatic carbocycles. The number of aromatic nitrogens is 2. The van der Waals surface area contributed by atoms with Gasteiger partial charge >= 0.3 is 6.03 Å². The summed E-state index contributed by atoms with van der Waals surface area (Å²) in [5.74, 6) is 0.552. The Morgan fingerprint density at radius 3 is 2.29 bits per heavy atom. The zero-order valence-electron chi connectivity index (χ0n) is 16.8. The maximum Gasteiger partial charge on any atom is 0.320 e. The van der Waals surface area contributed by atoms with E-state index in [-0.39, 0.29) is 11.7 Å². The SMILES string of the molecule is CC(=O)c1cccc(NC(=O)NC(c2ccccc2)c2nnc(-c3ccccc3)o2)c1. The predicted molar refractivity (Wildman–Crippen MR) is 117 cm³/mol. The number of urea groups is 1. The lowest BCUT2D eigenvalue weighted by atomic mass is 10.1. The highest BCUT2D eigenvalue weighted by molar-refractivity contribution is 5.96. The molecule has 1 aromatic heterocycles. The molecule has 7 nitrogen and oxygen atoms in total. The van der Waals surface area contributed by atoms with Crippen molar-refractivity contribution in [3.05, 3.63) is 102 Å². The minimum atomic E-state index is -0.651. The number of hydrogen-bond donors (Lipinski definition) is 2. The van der Waals surface area contributed by atoms with Crippen LogP contribution in [-0.2, 0) is 0 Å². The van der Waals surface area contributed by atoms with Crippen molar-refractivity contribution in [2.24, 2.45) is 0 Å². The number of carbonyl (C=O) groups excluding carboxylic acids is 2. The molecule has 4 aromatic rings. The first-order chi connectivity index (χ1) is 15.1. The summed E-state index contributed by atoms with van der Waals surface area (Å²) in [4.78, 5) is 24.3. The van der Waals surface area contributed by atoms with Crippen LogP contribution in [0.1, 0.15) is 34.8 Å².